The molecular formula is C10H12FNOS. The number of thioether (sulfide) groups is 1. The molecular weight excluding hydrogens is 201 g/mol. The maximum absolute atomic E-state index is 13.5. The predicted molar refractivity (Wildman–Crippen MR) is 56.0 cm³/mol. The SMILES string of the molecule is COc1cc(F)c2c(c1)[C@H](N)CSC2. The first-order chi connectivity index (χ1) is 6.72. The zero-order valence-corrected chi connectivity index (χ0v) is 8.73. The van der Waals surface area contributed by atoms with Crippen LogP contribution in [0, 0.1) is 5.82 Å². The summed E-state index contributed by atoms with van der Waals surface area (Å²) in [6.07, 6.45) is 0. The van der Waals surface area contributed by atoms with Crippen molar-refractivity contribution in [2.24, 2.45) is 5.73 Å². The highest BCUT2D eigenvalue weighted by atomic mass is 32.2. The molecule has 1 aromatic carbocycles. The number of fused-ring (bicyclic) bond motifs is 1. The van der Waals surface area contributed by atoms with Crippen LogP contribution in [0.4, 0.5) is 4.39 Å². The second kappa shape index (κ2) is 3.79. The summed E-state index contributed by atoms with van der Waals surface area (Å²) < 4.78 is 18.6. The highest BCUT2D eigenvalue weighted by Crippen LogP contribution is 2.34. The molecule has 1 heterocycles. The molecule has 1 atom stereocenters. The molecule has 0 bridgehead atoms. The molecule has 4 heteroatoms. The molecule has 1 aromatic rings. The number of ether oxygens (including phenoxy) is 1. The molecule has 76 valence electrons. The van der Waals surface area contributed by atoms with Crippen molar-refractivity contribution in [2.45, 2.75) is 11.8 Å². The van der Waals surface area contributed by atoms with Gasteiger partial charge in [0.15, 0.2) is 0 Å². The van der Waals surface area contributed by atoms with Crippen molar-refractivity contribution in [2.75, 3.05) is 12.9 Å². The van der Waals surface area contributed by atoms with Gasteiger partial charge in [-0.05, 0) is 11.6 Å². The number of hydrogen-bond acceptors (Lipinski definition) is 3. The van der Waals surface area contributed by atoms with Crippen LogP contribution in [0.2, 0.25) is 0 Å². The summed E-state index contributed by atoms with van der Waals surface area (Å²) in [6, 6.07) is 3.17. The fourth-order valence-corrected chi connectivity index (χ4v) is 2.67. The smallest absolute Gasteiger partial charge is 0.131 e. The Morgan fingerprint density at radius 3 is 3.07 bits per heavy atom. The molecule has 0 aliphatic carbocycles. The van der Waals surface area contributed by atoms with Crippen molar-refractivity contribution in [3.8, 4) is 5.75 Å². The van der Waals surface area contributed by atoms with E-state index in [-0.39, 0.29) is 11.9 Å². The Hall–Kier alpha value is -0.740. The monoisotopic (exact) mass is 213 g/mol. The summed E-state index contributed by atoms with van der Waals surface area (Å²) in [5.41, 5.74) is 7.52. The lowest BCUT2D eigenvalue weighted by Crippen LogP contribution is -2.19. The average molecular weight is 213 g/mol. The quantitative estimate of drug-likeness (QED) is 0.775. The van der Waals surface area contributed by atoms with Crippen LogP contribution in [0.3, 0.4) is 0 Å². The van der Waals surface area contributed by atoms with Gasteiger partial charge in [-0.3, -0.25) is 0 Å². The van der Waals surface area contributed by atoms with Gasteiger partial charge in [0.05, 0.1) is 7.11 Å². The predicted octanol–water partition coefficient (Wildman–Crippen LogP) is 2.08. The van der Waals surface area contributed by atoms with Crippen molar-refractivity contribution in [3.63, 3.8) is 0 Å². The van der Waals surface area contributed by atoms with Crippen LogP contribution in [-0.2, 0) is 5.75 Å². The Morgan fingerprint density at radius 1 is 1.57 bits per heavy atom. The summed E-state index contributed by atoms with van der Waals surface area (Å²) in [5.74, 6) is 1.89. The number of methoxy groups -OCH3 is 1. The van der Waals surface area contributed by atoms with E-state index in [1.165, 1.54) is 13.2 Å². The molecule has 0 saturated carbocycles. The first-order valence-electron chi connectivity index (χ1n) is 4.42. The van der Waals surface area contributed by atoms with Crippen LogP contribution in [0.5, 0.6) is 5.75 Å². The topological polar surface area (TPSA) is 35.2 Å². The van der Waals surface area contributed by atoms with Gasteiger partial charge in [0.1, 0.15) is 11.6 Å². The number of nitrogens with two attached hydrogens (primary N) is 1. The molecule has 2 N–H and O–H groups in total. The molecule has 0 amide bonds. The van der Waals surface area contributed by atoms with E-state index in [1.54, 1.807) is 11.8 Å². The molecule has 0 spiro atoms. The van der Waals surface area contributed by atoms with E-state index < -0.39 is 0 Å². The van der Waals surface area contributed by atoms with Gasteiger partial charge in [-0.2, -0.15) is 11.8 Å². The van der Waals surface area contributed by atoms with Gasteiger partial charge in [-0.25, -0.2) is 4.39 Å². The molecule has 2 rings (SSSR count). The highest BCUT2D eigenvalue weighted by molar-refractivity contribution is 7.98. The summed E-state index contributed by atoms with van der Waals surface area (Å²) in [4.78, 5) is 0. The van der Waals surface area contributed by atoms with Gasteiger partial charge in [0.25, 0.3) is 0 Å². The number of benzene rings is 1. The fourth-order valence-electron chi connectivity index (χ4n) is 1.61. The zero-order chi connectivity index (χ0) is 10.1. The third kappa shape index (κ3) is 1.60. The van der Waals surface area contributed by atoms with E-state index in [4.69, 9.17) is 10.5 Å². The van der Waals surface area contributed by atoms with Gasteiger partial charge in [-0.15, -0.1) is 0 Å². The summed E-state index contributed by atoms with van der Waals surface area (Å²) in [7, 11) is 1.53. The first-order valence-corrected chi connectivity index (χ1v) is 5.57. The Balaban J connectivity index is 2.51. The maximum atomic E-state index is 13.5. The number of hydrogen-bond donors (Lipinski definition) is 1. The average Bonchev–Trinajstić information content (AvgIpc) is 2.19. The van der Waals surface area contributed by atoms with Crippen LogP contribution in [0.25, 0.3) is 0 Å². The normalized spacial score (nSPS) is 20.4. The minimum Gasteiger partial charge on any atom is -0.497 e. The third-order valence-electron chi connectivity index (χ3n) is 2.38. The van der Waals surface area contributed by atoms with E-state index in [0.717, 1.165) is 16.9 Å². The molecule has 0 radical (unpaired) electrons. The van der Waals surface area contributed by atoms with Crippen molar-refractivity contribution in [3.05, 3.63) is 29.1 Å². The standard InChI is InChI=1S/C10H12FNOS/c1-13-6-2-7-8(9(11)3-6)4-14-5-10(7)12/h2-3,10H,4-5,12H2,1H3/t10-/m1/s1. The Kier molecular flexibility index (Phi) is 2.65. The van der Waals surface area contributed by atoms with Crippen LogP contribution in [-0.4, -0.2) is 12.9 Å². The number of halogens is 1. The van der Waals surface area contributed by atoms with Crippen molar-refractivity contribution in [1.82, 2.24) is 0 Å². The zero-order valence-electron chi connectivity index (χ0n) is 7.92. The van der Waals surface area contributed by atoms with Gasteiger partial charge < -0.3 is 10.5 Å². The van der Waals surface area contributed by atoms with Gasteiger partial charge in [0, 0.05) is 29.2 Å². The van der Waals surface area contributed by atoms with Gasteiger partial charge in [0.2, 0.25) is 0 Å². The molecule has 2 nitrogen and oxygen atoms in total. The lowest BCUT2D eigenvalue weighted by Gasteiger charge is -2.22. The van der Waals surface area contributed by atoms with Crippen LogP contribution >= 0.6 is 11.8 Å². The summed E-state index contributed by atoms with van der Waals surface area (Å²) in [5, 5.41) is 0. The molecule has 0 fully saturated rings. The Bertz CT molecular complexity index is 356. The first kappa shape index (κ1) is 9.80. The fraction of sp³-hybridized carbons (Fsp3) is 0.400. The minimum absolute atomic E-state index is 0.0756. The van der Waals surface area contributed by atoms with Crippen LogP contribution in [0.1, 0.15) is 17.2 Å². The molecule has 1 aliphatic heterocycles. The molecule has 0 saturated heterocycles. The second-order valence-electron chi connectivity index (χ2n) is 3.30. The highest BCUT2D eigenvalue weighted by Gasteiger charge is 2.21. The van der Waals surface area contributed by atoms with Crippen LogP contribution in [0.15, 0.2) is 12.1 Å². The van der Waals surface area contributed by atoms with Crippen molar-refractivity contribution >= 4 is 11.8 Å². The summed E-state index contributed by atoms with van der Waals surface area (Å²) >= 11 is 1.67. The minimum atomic E-state index is -0.206. The van der Waals surface area contributed by atoms with Gasteiger partial charge >= 0.3 is 0 Å². The van der Waals surface area contributed by atoms with E-state index in [0.29, 0.717) is 11.5 Å². The summed E-state index contributed by atoms with van der Waals surface area (Å²) in [6.45, 7) is 0. The van der Waals surface area contributed by atoms with Crippen molar-refractivity contribution in [1.29, 1.82) is 0 Å². The molecule has 1 aliphatic rings. The van der Waals surface area contributed by atoms with Gasteiger partial charge in [-0.1, -0.05) is 0 Å². The molecule has 0 aromatic heterocycles. The largest absolute Gasteiger partial charge is 0.497 e. The van der Waals surface area contributed by atoms with E-state index in [9.17, 15) is 4.39 Å². The third-order valence-corrected chi connectivity index (χ3v) is 3.47. The van der Waals surface area contributed by atoms with E-state index in [1.807, 2.05) is 6.07 Å². The lowest BCUT2D eigenvalue weighted by atomic mass is 10.0. The van der Waals surface area contributed by atoms with E-state index in [2.05, 4.69) is 0 Å². The molecule has 14 heavy (non-hydrogen) atoms. The Labute approximate surface area is 86.6 Å². The Morgan fingerprint density at radius 2 is 2.36 bits per heavy atom. The lowest BCUT2D eigenvalue weighted by molar-refractivity contribution is 0.409. The van der Waals surface area contributed by atoms with E-state index >= 15 is 0 Å². The second-order valence-corrected chi connectivity index (χ2v) is 4.33. The van der Waals surface area contributed by atoms with Crippen molar-refractivity contribution < 1.29 is 9.13 Å². The molecule has 0 unspecified atom stereocenters. The maximum Gasteiger partial charge on any atom is 0.131 e. The van der Waals surface area contributed by atoms with Crippen LogP contribution < -0.4 is 10.5 Å². The number of rotatable bonds is 1.